The smallest absolute Gasteiger partial charge is 0.333 e. The third-order valence-electron chi connectivity index (χ3n) is 6.27. The molecule has 3 aromatic heterocycles. The van der Waals surface area contributed by atoms with E-state index in [0.717, 1.165) is 21.4 Å². The van der Waals surface area contributed by atoms with Crippen molar-refractivity contribution in [2.24, 2.45) is 7.05 Å². The predicted octanol–water partition coefficient (Wildman–Crippen LogP) is 2.81. The first-order valence-electron chi connectivity index (χ1n) is 11.3. The second-order valence-electron chi connectivity index (χ2n) is 8.56. The Balaban J connectivity index is 1.56. The standard InChI is InChI=1S/C26H25N5O4/c1-17-14-29-22-23(27-25(29)31(17)18(2)20-12-8-5-9-13-20)28(3)26(34)30(24(22)33)15-21(32)35-16-19-10-6-4-7-11-19/h4-14,18H,15-16H2,1-3H3. The number of hydrogen-bond donors (Lipinski definition) is 0. The number of carbonyl (C=O) groups is 1. The first-order chi connectivity index (χ1) is 16.9. The number of aryl methyl sites for hydroxylation is 2. The molecule has 0 bridgehead atoms. The zero-order valence-corrected chi connectivity index (χ0v) is 19.7. The molecule has 0 amide bonds. The molecule has 0 fully saturated rings. The number of fused-ring (bicyclic) bond motifs is 3. The minimum absolute atomic E-state index is 0.0438. The topological polar surface area (TPSA) is 92.5 Å². The largest absolute Gasteiger partial charge is 0.459 e. The molecule has 0 saturated carbocycles. The van der Waals surface area contributed by atoms with Crippen molar-refractivity contribution >= 4 is 22.9 Å². The Hall–Kier alpha value is -4.40. The van der Waals surface area contributed by atoms with Crippen LogP contribution in [0.2, 0.25) is 0 Å². The van der Waals surface area contributed by atoms with Crippen molar-refractivity contribution in [1.29, 1.82) is 0 Å². The summed E-state index contributed by atoms with van der Waals surface area (Å²) < 4.78 is 11.2. The number of nitrogens with zero attached hydrogens (tertiary/aromatic N) is 5. The summed E-state index contributed by atoms with van der Waals surface area (Å²) in [6, 6.07) is 19.1. The van der Waals surface area contributed by atoms with Gasteiger partial charge in [0.05, 0.1) is 6.04 Å². The van der Waals surface area contributed by atoms with Crippen LogP contribution in [0.25, 0.3) is 16.9 Å². The van der Waals surface area contributed by atoms with Gasteiger partial charge in [-0.25, -0.2) is 9.36 Å². The van der Waals surface area contributed by atoms with Crippen molar-refractivity contribution in [3.05, 3.63) is 105 Å². The predicted molar refractivity (Wildman–Crippen MR) is 131 cm³/mol. The zero-order chi connectivity index (χ0) is 24.7. The van der Waals surface area contributed by atoms with Crippen molar-refractivity contribution in [3.63, 3.8) is 0 Å². The number of aromatic nitrogens is 5. The molecular formula is C26H25N5O4. The Kier molecular flexibility index (Phi) is 5.60. The maximum atomic E-state index is 13.4. The summed E-state index contributed by atoms with van der Waals surface area (Å²) in [4.78, 5) is 43.5. The van der Waals surface area contributed by atoms with Crippen LogP contribution in [0.3, 0.4) is 0 Å². The maximum Gasteiger partial charge on any atom is 0.333 e. The van der Waals surface area contributed by atoms with Gasteiger partial charge in [-0.15, -0.1) is 0 Å². The van der Waals surface area contributed by atoms with Crippen LogP contribution in [-0.2, 0) is 29.7 Å². The molecule has 1 atom stereocenters. The molecule has 5 aromatic rings. The molecule has 0 aliphatic heterocycles. The minimum atomic E-state index is -0.667. The van der Waals surface area contributed by atoms with E-state index in [0.29, 0.717) is 5.78 Å². The summed E-state index contributed by atoms with van der Waals surface area (Å²) in [5.74, 6) is -0.120. The molecular weight excluding hydrogens is 446 g/mol. The monoisotopic (exact) mass is 471 g/mol. The average Bonchev–Trinajstić information content (AvgIpc) is 3.39. The van der Waals surface area contributed by atoms with Crippen LogP contribution in [0.4, 0.5) is 0 Å². The SMILES string of the molecule is Cc1cn2c3c(=O)n(CC(=O)OCc4ccccc4)c(=O)n(C)c3nc2n1C(C)c1ccccc1. The van der Waals surface area contributed by atoms with Crippen LogP contribution in [0.1, 0.15) is 29.8 Å². The summed E-state index contributed by atoms with van der Waals surface area (Å²) in [5.41, 5.74) is 2.11. The Morgan fingerprint density at radius 2 is 1.69 bits per heavy atom. The summed E-state index contributed by atoms with van der Waals surface area (Å²) in [6.45, 7) is 3.58. The van der Waals surface area contributed by atoms with Crippen LogP contribution in [-0.4, -0.2) is 29.1 Å². The number of imidazole rings is 2. The molecule has 9 nitrogen and oxygen atoms in total. The van der Waals surface area contributed by atoms with E-state index in [2.05, 4.69) is 11.9 Å². The first kappa shape index (κ1) is 22.4. The molecule has 178 valence electrons. The highest BCUT2D eigenvalue weighted by molar-refractivity contribution is 5.76. The highest BCUT2D eigenvalue weighted by atomic mass is 16.5. The fraction of sp³-hybridized carbons (Fsp3) is 0.231. The van der Waals surface area contributed by atoms with E-state index >= 15 is 0 Å². The van der Waals surface area contributed by atoms with Crippen LogP contribution < -0.4 is 11.2 Å². The molecule has 0 radical (unpaired) electrons. The number of ether oxygens (including phenoxy) is 1. The van der Waals surface area contributed by atoms with E-state index in [-0.39, 0.29) is 23.8 Å². The van der Waals surface area contributed by atoms with Gasteiger partial charge in [-0.2, -0.15) is 4.98 Å². The van der Waals surface area contributed by atoms with Crippen molar-refractivity contribution in [3.8, 4) is 0 Å². The van der Waals surface area contributed by atoms with Gasteiger partial charge in [0.15, 0.2) is 11.2 Å². The lowest BCUT2D eigenvalue weighted by atomic mass is 10.1. The van der Waals surface area contributed by atoms with Gasteiger partial charge in [-0.05, 0) is 25.0 Å². The van der Waals surface area contributed by atoms with Crippen molar-refractivity contribution in [1.82, 2.24) is 23.1 Å². The lowest BCUT2D eigenvalue weighted by molar-refractivity contribution is -0.145. The van der Waals surface area contributed by atoms with Gasteiger partial charge in [0, 0.05) is 18.9 Å². The van der Waals surface area contributed by atoms with Gasteiger partial charge in [-0.3, -0.25) is 18.6 Å². The van der Waals surface area contributed by atoms with Gasteiger partial charge in [-0.1, -0.05) is 60.7 Å². The average molecular weight is 472 g/mol. The second-order valence-corrected chi connectivity index (χ2v) is 8.56. The second kappa shape index (κ2) is 8.75. The van der Waals surface area contributed by atoms with E-state index in [4.69, 9.17) is 4.74 Å². The number of esters is 1. The third kappa shape index (κ3) is 3.84. The number of rotatable bonds is 6. The van der Waals surface area contributed by atoms with Crippen molar-refractivity contribution in [2.45, 2.75) is 33.0 Å². The van der Waals surface area contributed by atoms with Gasteiger partial charge in [0.1, 0.15) is 13.2 Å². The van der Waals surface area contributed by atoms with Crippen molar-refractivity contribution < 1.29 is 9.53 Å². The first-order valence-corrected chi connectivity index (χ1v) is 11.3. The molecule has 9 heteroatoms. The molecule has 0 saturated heterocycles. The Bertz CT molecular complexity index is 1660. The number of carbonyl (C=O) groups excluding carboxylic acids is 1. The van der Waals surface area contributed by atoms with Gasteiger partial charge in [0.2, 0.25) is 5.78 Å². The van der Waals surface area contributed by atoms with E-state index in [9.17, 15) is 14.4 Å². The molecule has 0 N–H and O–H groups in total. The maximum absolute atomic E-state index is 13.4. The van der Waals surface area contributed by atoms with E-state index < -0.39 is 23.8 Å². The highest BCUT2D eigenvalue weighted by Gasteiger charge is 2.23. The Labute approximate surface area is 200 Å². The third-order valence-corrected chi connectivity index (χ3v) is 6.27. The van der Waals surface area contributed by atoms with Crippen LogP contribution in [0, 0.1) is 6.92 Å². The lowest BCUT2D eigenvalue weighted by Crippen LogP contribution is -2.41. The normalized spacial score (nSPS) is 12.3. The summed E-state index contributed by atoms with van der Waals surface area (Å²) >= 11 is 0. The Morgan fingerprint density at radius 1 is 1.03 bits per heavy atom. The zero-order valence-electron chi connectivity index (χ0n) is 19.7. The van der Waals surface area contributed by atoms with Crippen LogP contribution in [0.5, 0.6) is 0 Å². The quantitative estimate of drug-likeness (QED) is 0.355. The fourth-order valence-corrected chi connectivity index (χ4v) is 4.44. The minimum Gasteiger partial charge on any atom is -0.459 e. The molecule has 2 aromatic carbocycles. The lowest BCUT2D eigenvalue weighted by Gasteiger charge is -2.16. The van der Waals surface area contributed by atoms with Crippen LogP contribution in [0.15, 0.2) is 76.4 Å². The van der Waals surface area contributed by atoms with E-state index in [1.54, 1.807) is 11.4 Å². The molecule has 0 spiro atoms. The molecule has 35 heavy (non-hydrogen) atoms. The number of benzene rings is 2. The fourth-order valence-electron chi connectivity index (χ4n) is 4.44. The van der Waals surface area contributed by atoms with E-state index in [1.807, 2.05) is 78.4 Å². The summed E-state index contributed by atoms with van der Waals surface area (Å²) in [7, 11) is 1.54. The summed E-state index contributed by atoms with van der Waals surface area (Å²) in [5, 5.41) is 0. The molecule has 3 heterocycles. The van der Waals surface area contributed by atoms with Gasteiger partial charge < -0.3 is 9.30 Å². The molecule has 1 unspecified atom stereocenters. The number of hydrogen-bond acceptors (Lipinski definition) is 5. The molecule has 0 aliphatic rings. The summed E-state index contributed by atoms with van der Waals surface area (Å²) in [6.07, 6.45) is 1.83. The van der Waals surface area contributed by atoms with Crippen LogP contribution >= 0.6 is 0 Å². The molecule has 5 rings (SSSR count). The van der Waals surface area contributed by atoms with Crippen molar-refractivity contribution in [2.75, 3.05) is 0 Å². The molecule has 0 aliphatic carbocycles. The van der Waals surface area contributed by atoms with E-state index in [1.165, 1.54) is 4.57 Å². The highest BCUT2D eigenvalue weighted by Crippen LogP contribution is 2.25. The van der Waals surface area contributed by atoms with Gasteiger partial charge >= 0.3 is 11.7 Å². The Morgan fingerprint density at radius 3 is 2.37 bits per heavy atom. The van der Waals surface area contributed by atoms with Gasteiger partial charge in [0.25, 0.3) is 5.56 Å².